The lowest BCUT2D eigenvalue weighted by Crippen LogP contribution is -2.52. The van der Waals surface area contributed by atoms with Gasteiger partial charge >= 0.3 is 6.18 Å². The Morgan fingerprint density at radius 1 is 1.08 bits per heavy atom. The van der Waals surface area contributed by atoms with Crippen molar-refractivity contribution < 1.29 is 30.4 Å². The van der Waals surface area contributed by atoms with E-state index in [0.717, 1.165) is 39.5 Å². The van der Waals surface area contributed by atoms with Crippen LogP contribution in [0.4, 0.5) is 27.0 Å². The molecule has 37 heavy (non-hydrogen) atoms. The molecule has 3 fully saturated rings. The Hall–Kier alpha value is -1.83. The van der Waals surface area contributed by atoms with Crippen molar-refractivity contribution in [2.24, 2.45) is 11.8 Å². The van der Waals surface area contributed by atoms with Crippen LogP contribution in [0, 0.1) is 11.8 Å². The van der Waals surface area contributed by atoms with E-state index in [9.17, 15) is 30.4 Å². The number of nitrogens with one attached hydrogen (secondary N) is 1. The maximum atomic E-state index is 13.5. The lowest BCUT2D eigenvalue weighted by atomic mass is 9.79. The van der Waals surface area contributed by atoms with Gasteiger partial charge in [-0.15, -0.1) is 0 Å². The van der Waals surface area contributed by atoms with Crippen LogP contribution in [0.15, 0.2) is 24.4 Å². The van der Waals surface area contributed by atoms with E-state index in [1.165, 1.54) is 11.3 Å². The first-order valence-corrected chi connectivity index (χ1v) is 14.7. The fourth-order valence-corrected chi connectivity index (χ4v) is 9.25. The predicted molar refractivity (Wildman–Crippen MR) is 130 cm³/mol. The van der Waals surface area contributed by atoms with Crippen molar-refractivity contribution in [3.63, 3.8) is 0 Å². The number of alkyl halides is 5. The van der Waals surface area contributed by atoms with E-state index in [-0.39, 0.29) is 44.3 Å². The lowest BCUT2D eigenvalue weighted by Gasteiger charge is -2.33. The summed E-state index contributed by atoms with van der Waals surface area (Å²) >= 11 is 1.45. The Bertz CT molecular complexity index is 1300. The monoisotopic (exact) mass is 562 g/mol. The van der Waals surface area contributed by atoms with Gasteiger partial charge in [-0.25, -0.2) is 13.8 Å². The molecule has 0 unspecified atom stereocenters. The van der Waals surface area contributed by atoms with Crippen molar-refractivity contribution >= 4 is 26.5 Å². The highest BCUT2D eigenvalue weighted by Crippen LogP contribution is 2.51. The Kier molecular flexibility index (Phi) is 5.91. The predicted octanol–water partition coefficient (Wildman–Crippen LogP) is 4.62. The Labute approximate surface area is 216 Å². The zero-order valence-corrected chi connectivity index (χ0v) is 21.5. The average molecular weight is 563 g/mol. The molecule has 3 atom stereocenters. The molecule has 2 bridgehead atoms. The first-order chi connectivity index (χ1) is 17.3. The van der Waals surface area contributed by atoms with Crippen LogP contribution in [0.25, 0.3) is 10.6 Å². The van der Waals surface area contributed by atoms with Gasteiger partial charge in [-0.2, -0.15) is 30.6 Å². The number of thiazole rings is 1. The molecular weight excluding hydrogens is 535 g/mol. The summed E-state index contributed by atoms with van der Waals surface area (Å²) in [6, 6.07) is 6.03. The standard InChI is InChI=1S/C24H27F5N4O2S2/c25-22(26)5-7-32(8-6-22)20-12-30-21(36-20)16-2-1-15-10-18-3-4-19(11-17(15)9-16)23(18)13-33(14-24(27,28)29)37(34,35)31-23/h1-2,9,12,18-19,31H,3-8,10-11,13-14H2/t18-,19+,23+/m0/s1. The summed E-state index contributed by atoms with van der Waals surface area (Å²) in [5.41, 5.74) is 2.13. The van der Waals surface area contributed by atoms with Gasteiger partial charge in [-0.1, -0.05) is 23.5 Å². The SMILES string of the molecule is O=S1(=O)N[C@@]2(CN1CC(F)(F)F)[C@@H]1CC[C@H]2Cc2ccc(-c3ncc(N4CCC(F)(F)CC4)s3)cc2C1. The molecule has 1 N–H and O–H groups in total. The number of fused-ring (bicyclic) bond motifs is 1. The summed E-state index contributed by atoms with van der Waals surface area (Å²) in [4.78, 5) is 6.47. The van der Waals surface area contributed by atoms with Gasteiger partial charge in [-0.3, -0.25) is 0 Å². The van der Waals surface area contributed by atoms with E-state index in [2.05, 4.69) is 9.71 Å². The molecule has 0 amide bonds. The zero-order chi connectivity index (χ0) is 26.2. The molecule has 6 nitrogen and oxygen atoms in total. The second-order valence-corrected chi connectivity index (χ2v) is 13.4. The minimum atomic E-state index is -4.61. The lowest BCUT2D eigenvalue weighted by molar-refractivity contribution is -0.136. The molecule has 202 valence electrons. The molecule has 6 rings (SSSR count). The van der Waals surface area contributed by atoms with Gasteiger partial charge in [0.2, 0.25) is 0 Å². The van der Waals surface area contributed by atoms with Crippen molar-refractivity contribution in [3.8, 4) is 10.6 Å². The van der Waals surface area contributed by atoms with Crippen molar-refractivity contribution in [3.05, 3.63) is 35.5 Å². The molecule has 1 spiro atoms. The van der Waals surface area contributed by atoms with Gasteiger partial charge in [0.1, 0.15) is 16.6 Å². The zero-order valence-electron chi connectivity index (χ0n) is 19.9. The summed E-state index contributed by atoms with van der Waals surface area (Å²) in [5.74, 6) is -2.81. The van der Waals surface area contributed by atoms with Crippen LogP contribution >= 0.6 is 11.3 Å². The second kappa shape index (κ2) is 8.59. The Morgan fingerprint density at radius 2 is 1.76 bits per heavy atom. The van der Waals surface area contributed by atoms with Crippen LogP contribution in [-0.4, -0.2) is 61.5 Å². The minimum Gasteiger partial charge on any atom is -0.362 e. The normalized spacial score (nSPS) is 31.0. The molecular formula is C24H27F5N4O2S2. The van der Waals surface area contributed by atoms with Gasteiger partial charge in [0.15, 0.2) is 0 Å². The summed E-state index contributed by atoms with van der Waals surface area (Å²) in [7, 11) is -4.22. The average Bonchev–Trinajstić information content (AvgIpc) is 3.43. The number of halogens is 5. The third kappa shape index (κ3) is 4.65. The first kappa shape index (κ1) is 25.4. The van der Waals surface area contributed by atoms with Crippen molar-refractivity contribution in [2.45, 2.75) is 56.2 Å². The van der Waals surface area contributed by atoms with Crippen LogP contribution in [-0.2, 0) is 23.1 Å². The third-order valence-corrected chi connectivity index (χ3v) is 11.1. The van der Waals surface area contributed by atoms with Gasteiger partial charge in [0, 0.05) is 38.0 Å². The van der Waals surface area contributed by atoms with Crippen molar-refractivity contribution in [1.82, 2.24) is 14.0 Å². The van der Waals surface area contributed by atoms with E-state index in [4.69, 9.17) is 0 Å². The number of hydrogen-bond acceptors (Lipinski definition) is 5. The van der Waals surface area contributed by atoms with Crippen molar-refractivity contribution in [1.29, 1.82) is 0 Å². The highest BCUT2D eigenvalue weighted by atomic mass is 32.2. The smallest absolute Gasteiger partial charge is 0.362 e. The fraction of sp³-hybridized carbons (Fsp3) is 0.625. The van der Waals surface area contributed by atoms with Crippen LogP contribution in [0.2, 0.25) is 0 Å². The molecule has 1 aromatic heterocycles. The molecule has 3 heterocycles. The number of benzene rings is 1. The number of anilines is 1. The summed E-state index contributed by atoms with van der Waals surface area (Å²) < 4.78 is 95.0. The molecule has 2 aromatic rings. The van der Waals surface area contributed by atoms with Crippen LogP contribution in [0.5, 0.6) is 0 Å². The van der Waals surface area contributed by atoms with Crippen LogP contribution < -0.4 is 9.62 Å². The van der Waals surface area contributed by atoms with E-state index >= 15 is 0 Å². The largest absolute Gasteiger partial charge is 0.402 e. The number of hydrogen-bond donors (Lipinski definition) is 1. The molecule has 1 saturated carbocycles. The number of nitrogens with zero attached hydrogens (tertiary/aromatic N) is 3. The Morgan fingerprint density at radius 3 is 2.43 bits per heavy atom. The van der Waals surface area contributed by atoms with Gasteiger partial charge in [0.05, 0.1) is 11.7 Å². The topological polar surface area (TPSA) is 65.5 Å². The minimum absolute atomic E-state index is 0.0821. The maximum Gasteiger partial charge on any atom is 0.402 e. The van der Waals surface area contributed by atoms with E-state index < -0.39 is 34.4 Å². The first-order valence-electron chi connectivity index (χ1n) is 12.4. The molecule has 2 aliphatic carbocycles. The second-order valence-electron chi connectivity index (χ2n) is 10.7. The number of aromatic nitrogens is 1. The molecule has 2 saturated heterocycles. The number of rotatable bonds is 3. The Balaban J connectivity index is 1.24. The summed E-state index contributed by atoms with van der Waals surface area (Å²) in [5, 5.41) is 1.63. The maximum absolute atomic E-state index is 13.5. The van der Waals surface area contributed by atoms with E-state index in [1.54, 1.807) is 6.20 Å². The van der Waals surface area contributed by atoms with Gasteiger partial charge < -0.3 is 4.90 Å². The van der Waals surface area contributed by atoms with E-state index in [0.29, 0.717) is 17.1 Å². The highest BCUT2D eigenvalue weighted by molar-refractivity contribution is 7.87. The van der Waals surface area contributed by atoms with Crippen LogP contribution in [0.1, 0.15) is 36.8 Å². The van der Waals surface area contributed by atoms with Gasteiger partial charge in [0.25, 0.3) is 16.1 Å². The number of piperidine rings is 1. The summed E-state index contributed by atoms with van der Waals surface area (Å²) in [6.45, 7) is -1.09. The fourth-order valence-electron chi connectivity index (χ4n) is 6.58. The molecule has 0 radical (unpaired) electrons. The molecule has 4 aliphatic rings. The van der Waals surface area contributed by atoms with E-state index in [1.807, 2.05) is 23.1 Å². The summed E-state index contributed by atoms with van der Waals surface area (Å²) in [6.07, 6.45) is -0.559. The van der Waals surface area contributed by atoms with Crippen LogP contribution in [0.3, 0.4) is 0 Å². The van der Waals surface area contributed by atoms with Gasteiger partial charge in [-0.05, 0) is 54.7 Å². The molecule has 1 aromatic carbocycles. The highest BCUT2D eigenvalue weighted by Gasteiger charge is 2.60. The molecule has 13 heteroatoms. The quantitative estimate of drug-likeness (QED) is 0.555. The van der Waals surface area contributed by atoms with Crippen molar-refractivity contribution in [2.75, 3.05) is 31.1 Å². The third-order valence-electron chi connectivity index (χ3n) is 8.46. The molecule has 2 aliphatic heterocycles.